The van der Waals surface area contributed by atoms with Gasteiger partial charge in [0.25, 0.3) is 5.91 Å². The van der Waals surface area contributed by atoms with Crippen molar-refractivity contribution in [3.05, 3.63) is 59.5 Å². The van der Waals surface area contributed by atoms with Crippen molar-refractivity contribution in [2.45, 2.75) is 26.3 Å². The minimum absolute atomic E-state index is 0.0609. The molecular formula is C19H21FN2O4. The zero-order chi connectivity index (χ0) is 18.9. The Hall–Kier alpha value is -2.96. The van der Waals surface area contributed by atoms with Crippen LogP contribution in [0.3, 0.4) is 0 Å². The van der Waals surface area contributed by atoms with Gasteiger partial charge >= 0.3 is 5.97 Å². The number of nitrogens with one attached hydrogen (secondary N) is 1. The van der Waals surface area contributed by atoms with Gasteiger partial charge in [0, 0.05) is 17.8 Å². The third-order valence-electron chi connectivity index (χ3n) is 3.54. The predicted octanol–water partition coefficient (Wildman–Crippen LogP) is 3.04. The summed E-state index contributed by atoms with van der Waals surface area (Å²) in [6.45, 7) is 4.19. The number of esters is 1. The Bertz CT molecular complexity index is 749. The van der Waals surface area contributed by atoms with Crippen molar-refractivity contribution < 1.29 is 23.5 Å². The molecule has 0 fully saturated rings. The Balaban J connectivity index is 2.19. The molecule has 0 saturated heterocycles. The van der Waals surface area contributed by atoms with E-state index >= 15 is 0 Å². The lowest BCUT2D eigenvalue weighted by Crippen LogP contribution is -2.30. The van der Waals surface area contributed by atoms with E-state index in [0.29, 0.717) is 23.6 Å². The van der Waals surface area contributed by atoms with Gasteiger partial charge in [-0.2, -0.15) is 0 Å². The highest BCUT2D eigenvalue weighted by Gasteiger charge is 2.20. The summed E-state index contributed by atoms with van der Waals surface area (Å²) < 4.78 is 23.4. The van der Waals surface area contributed by atoms with Gasteiger partial charge in [0.15, 0.2) is 0 Å². The summed E-state index contributed by atoms with van der Waals surface area (Å²) in [6.07, 6.45) is 1.41. The fourth-order valence-electron chi connectivity index (χ4n) is 2.35. The van der Waals surface area contributed by atoms with Gasteiger partial charge in [0.05, 0.1) is 25.7 Å². The van der Waals surface area contributed by atoms with Gasteiger partial charge in [-0.05, 0) is 37.6 Å². The summed E-state index contributed by atoms with van der Waals surface area (Å²) in [5.74, 6) is -0.909. The maximum atomic E-state index is 13.2. The number of halogens is 1. The average molecular weight is 360 g/mol. The SMILES string of the molecule is CCOC(=O)CC(NC(=O)c1ccnc(OCC)c1)c1ccc(F)cc1. The van der Waals surface area contributed by atoms with Crippen LogP contribution in [-0.4, -0.2) is 30.1 Å². The van der Waals surface area contributed by atoms with E-state index in [1.807, 2.05) is 6.92 Å². The smallest absolute Gasteiger partial charge is 0.308 e. The number of pyridine rings is 1. The molecule has 1 aromatic heterocycles. The molecule has 6 nitrogen and oxygen atoms in total. The molecule has 2 aromatic rings. The van der Waals surface area contributed by atoms with Gasteiger partial charge in [-0.15, -0.1) is 0 Å². The summed E-state index contributed by atoms with van der Waals surface area (Å²) in [7, 11) is 0. The van der Waals surface area contributed by atoms with Crippen LogP contribution in [0.1, 0.15) is 42.2 Å². The number of benzene rings is 1. The Kier molecular flexibility index (Phi) is 7.08. The van der Waals surface area contributed by atoms with Crippen LogP contribution in [-0.2, 0) is 9.53 Å². The first-order valence-corrected chi connectivity index (χ1v) is 8.34. The van der Waals surface area contributed by atoms with E-state index < -0.39 is 23.7 Å². The zero-order valence-electron chi connectivity index (χ0n) is 14.7. The van der Waals surface area contributed by atoms with Crippen LogP contribution < -0.4 is 10.1 Å². The van der Waals surface area contributed by atoms with E-state index in [2.05, 4.69) is 10.3 Å². The lowest BCUT2D eigenvalue weighted by atomic mass is 10.0. The molecule has 1 unspecified atom stereocenters. The standard InChI is InChI=1S/C19H21FN2O4/c1-3-25-17-11-14(9-10-21-17)19(24)22-16(12-18(23)26-4-2)13-5-7-15(20)8-6-13/h5-11,16H,3-4,12H2,1-2H3,(H,22,24). The van der Waals surface area contributed by atoms with Crippen LogP contribution in [0.25, 0.3) is 0 Å². The summed E-state index contributed by atoms with van der Waals surface area (Å²) in [6, 6.07) is 8.02. The van der Waals surface area contributed by atoms with E-state index in [9.17, 15) is 14.0 Å². The molecule has 1 amide bonds. The lowest BCUT2D eigenvalue weighted by molar-refractivity contribution is -0.143. The molecule has 2 rings (SSSR count). The number of carbonyl (C=O) groups excluding carboxylic acids is 2. The summed E-state index contributed by atoms with van der Waals surface area (Å²) >= 11 is 0. The average Bonchev–Trinajstić information content (AvgIpc) is 2.62. The van der Waals surface area contributed by atoms with Crippen molar-refractivity contribution in [3.8, 4) is 5.88 Å². The molecule has 1 N–H and O–H groups in total. The second-order valence-corrected chi connectivity index (χ2v) is 5.40. The van der Waals surface area contributed by atoms with Crippen molar-refractivity contribution in [1.82, 2.24) is 10.3 Å². The van der Waals surface area contributed by atoms with Crippen LogP contribution in [0.15, 0.2) is 42.6 Å². The first kappa shape index (κ1) is 19.4. The van der Waals surface area contributed by atoms with Gasteiger partial charge in [-0.3, -0.25) is 9.59 Å². The van der Waals surface area contributed by atoms with Crippen molar-refractivity contribution in [2.75, 3.05) is 13.2 Å². The van der Waals surface area contributed by atoms with Crippen LogP contribution >= 0.6 is 0 Å². The molecule has 0 aliphatic heterocycles. The quantitative estimate of drug-likeness (QED) is 0.732. The van der Waals surface area contributed by atoms with Crippen molar-refractivity contribution in [3.63, 3.8) is 0 Å². The third-order valence-corrected chi connectivity index (χ3v) is 3.54. The molecule has 0 radical (unpaired) electrons. The minimum atomic E-state index is -0.647. The number of hydrogen-bond donors (Lipinski definition) is 1. The van der Waals surface area contributed by atoms with E-state index in [0.717, 1.165) is 0 Å². The largest absolute Gasteiger partial charge is 0.478 e. The molecule has 0 aliphatic rings. The summed E-state index contributed by atoms with van der Waals surface area (Å²) in [5.41, 5.74) is 0.950. The molecule has 0 saturated carbocycles. The highest BCUT2D eigenvalue weighted by molar-refractivity contribution is 5.94. The van der Waals surface area contributed by atoms with Gasteiger partial charge in [-0.1, -0.05) is 12.1 Å². The highest BCUT2D eigenvalue weighted by Crippen LogP contribution is 2.19. The Labute approximate surface area is 151 Å². The maximum absolute atomic E-state index is 13.2. The molecule has 7 heteroatoms. The third kappa shape index (κ3) is 5.54. The maximum Gasteiger partial charge on any atom is 0.308 e. The number of amides is 1. The molecular weight excluding hydrogens is 339 g/mol. The van der Waals surface area contributed by atoms with E-state index in [1.165, 1.54) is 36.5 Å². The molecule has 0 bridgehead atoms. The predicted molar refractivity (Wildman–Crippen MR) is 93.3 cm³/mol. The fourth-order valence-corrected chi connectivity index (χ4v) is 2.35. The second kappa shape index (κ2) is 9.50. The number of rotatable bonds is 8. The monoisotopic (exact) mass is 360 g/mol. The first-order chi connectivity index (χ1) is 12.5. The van der Waals surface area contributed by atoms with Crippen LogP contribution in [0.4, 0.5) is 4.39 Å². The van der Waals surface area contributed by atoms with E-state index in [4.69, 9.17) is 9.47 Å². The molecule has 26 heavy (non-hydrogen) atoms. The Morgan fingerprint density at radius 3 is 2.54 bits per heavy atom. The minimum Gasteiger partial charge on any atom is -0.478 e. The molecule has 0 spiro atoms. The van der Waals surface area contributed by atoms with E-state index in [-0.39, 0.29) is 13.0 Å². The normalized spacial score (nSPS) is 11.5. The molecule has 1 atom stereocenters. The molecule has 0 aliphatic carbocycles. The number of carbonyl (C=O) groups is 2. The van der Waals surface area contributed by atoms with Crippen molar-refractivity contribution >= 4 is 11.9 Å². The lowest BCUT2D eigenvalue weighted by Gasteiger charge is -2.19. The molecule has 138 valence electrons. The van der Waals surface area contributed by atoms with E-state index in [1.54, 1.807) is 13.0 Å². The summed E-state index contributed by atoms with van der Waals surface area (Å²) in [5, 5.41) is 2.78. The Morgan fingerprint density at radius 2 is 1.88 bits per heavy atom. The van der Waals surface area contributed by atoms with Crippen LogP contribution in [0, 0.1) is 5.82 Å². The van der Waals surface area contributed by atoms with Crippen LogP contribution in [0.5, 0.6) is 5.88 Å². The number of aromatic nitrogens is 1. The van der Waals surface area contributed by atoms with Crippen LogP contribution in [0.2, 0.25) is 0 Å². The first-order valence-electron chi connectivity index (χ1n) is 8.34. The van der Waals surface area contributed by atoms with Gasteiger partial charge in [0.1, 0.15) is 5.82 Å². The fraction of sp³-hybridized carbons (Fsp3) is 0.316. The van der Waals surface area contributed by atoms with Crippen molar-refractivity contribution in [1.29, 1.82) is 0 Å². The molecule has 1 aromatic carbocycles. The highest BCUT2D eigenvalue weighted by atomic mass is 19.1. The molecule has 1 heterocycles. The van der Waals surface area contributed by atoms with Gasteiger partial charge in [0.2, 0.25) is 5.88 Å². The summed E-state index contributed by atoms with van der Waals surface area (Å²) in [4.78, 5) is 28.5. The Morgan fingerprint density at radius 1 is 1.15 bits per heavy atom. The zero-order valence-corrected chi connectivity index (χ0v) is 14.7. The second-order valence-electron chi connectivity index (χ2n) is 5.40. The number of hydrogen-bond acceptors (Lipinski definition) is 5. The van der Waals surface area contributed by atoms with Gasteiger partial charge in [-0.25, -0.2) is 9.37 Å². The number of nitrogens with zero attached hydrogens (tertiary/aromatic N) is 1. The van der Waals surface area contributed by atoms with Crippen molar-refractivity contribution in [2.24, 2.45) is 0 Å². The topological polar surface area (TPSA) is 77.5 Å². The number of ether oxygens (including phenoxy) is 2. The van der Waals surface area contributed by atoms with Gasteiger partial charge < -0.3 is 14.8 Å².